The van der Waals surface area contributed by atoms with Crippen LogP contribution in [0.15, 0.2) is 83.4 Å². The molecule has 0 unspecified atom stereocenters. The zero-order valence-corrected chi connectivity index (χ0v) is 17.0. The third-order valence-electron chi connectivity index (χ3n) is 4.61. The van der Waals surface area contributed by atoms with Gasteiger partial charge < -0.3 is 10.6 Å². The molecule has 3 nitrogen and oxygen atoms in total. The second-order valence-corrected chi connectivity index (χ2v) is 6.61. The largest absolute Gasteiger partial charge is 0.385 e. The molecule has 28 heavy (non-hydrogen) atoms. The SMILES string of the molecule is CCN=C1C=CC(=C(c2ccc(NCC)cc2)c2ccc(NCC)cc2)C=C1. The summed E-state index contributed by atoms with van der Waals surface area (Å²) in [6.45, 7) is 8.92. The van der Waals surface area contributed by atoms with E-state index in [2.05, 4.69) is 109 Å². The van der Waals surface area contributed by atoms with Crippen LogP contribution in [-0.2, 0) is 0 Å². The molecule has 0 bridgehead atoms. The molecule has 0 heterocycles. The van der Waals surface area contributed by atoms with Crippen LogP contribution in [0.25, 0.3) is 5.57 Å². The molecule has 0 saturated carbocycles. The van der Waals surface area contributed by atoms with Crippen molar-refractivity contribution in [1.29, 1.82) is 0 Å². The smallest absolute Gasteiger partial charge is 0.0574 e. The van der Waals surface area contributed by atoms with Crippen LogP contribution in [-0.4, -0.2) is 25.3 Å². The summed E-state index contributed by atoms with van der Waals surface area (Å²) in [5.41, 5.74) is 8.15. The molecular weight excluding hydrogens is 342 g/mol. The number of rotatable bonds is 7. The molecule has 0 fully saturated rings. The third-order valence-corrected chi connectivity index (χ3v) is 4.61. The molecule has 1 aliphatic rings. The first-order chi connectivity index (χ1) is 13.7. The van der Waals surface area contributed by atoms with E-state index in [9.17, 15) is 0 Å². The highest BCUT2D eigenvalue weighted by atomic mass is 14.9. The van der Waals surface area contributed by atoms with E-state index in [1.54, 1.807) is 0 Å². The number of anilines is 2. The van der Waals surface area contributed by atoms with Gasteiger partial charge in [0.15, 0.2) is 0 Å². The maximum atomic E-state index is 4.49. The summed E-state index contributed by atoms with van der Waals surface area (Å²) in [6.07, 6.45) is 8.53. The molecule has 0 aliphatic heterocycles. The van der Waals surface area contributed by atoms with Crippen molar-refractivity contribution < 1.29 is 0 Å². The highest BCUT2D eigenvalue weighted by molar-refractivity contribution is 6.07. The number of allylic oxidation sites excluding steroid dienone is 5. The molecule has 3 heteroatoms. The minimum absolute atomic E-state index is 0.799. The van der Waals surface area contributed by atoms with Crippen LogP contribution < -0.4 is 10.6 Å². The van der Waals surface area contributed by atoms with E-state index in [1.165, 1.54) is 22.3 Å². The lowest BCUT2D eigenvalue weighted by Gasteiger charge is -2.15. The van der Waals surface area contributed by atoms with Gasteiger partial charge in [-0.25, -0.2) is 0 Å². The lowest BCUT2D eigenvalue weighted by atomic mass is 9.90. The Bertz CT molecular complexity index is 828. The topological polar surface area (TPSA) is 36.4 Å². The molecular formula is C25H29N3. The molecule has 0 spiro atoms. The van der Waals surface area contributed by atoms with E-state index >= 15 is 0 Å². The molecule has 0 atom stereocenters. The van der Waals surface area contributed by atoms with E-state index in [4.69, 9.17) is 0 Å². The molecule has 3 rings (SSSR count). The Morgan fingerprint density at radius 1 is 0.679 bits per heavy atom. The van der Waals surface area contributed by atoms with Gasteiger partial charge in [0.1, 0.15) is 0 Å². The predicted octanol–water partition coefficient (Wildman–Crippen LogP) is 5.94. The zero-order valence-electron chi connectivity index (χ0n) is 17.0. The molecule has 0 radical (unpaired) electrons. The highest BCUT2D eigenvalue weighted by Gasteiger charge is 2.11. The fourth-order valence-corrected chi connectivity index (χ4v) is 3.33. The molecule has 2 N–H and O–H groups in total. The van der Waals surface area contributed by atoms with Crippen molar-refractivity contribution in [1.82, 2.24) is 0 Å². The average Bonchev–Trinajstić information content (AvgIpc) is 2.73. The van der Waals surface area contributed by atoms with Gasteiger partial charge in [-0.2, -0.15) is 0 Å². The minimum Gasteiger partial charge on any atom is -0.385 e. The molecule has 0 aromatic heterocycles. The van der Waals surface area contributed by atoms with Gasteiger partial charge in [0, 0.05) is 31.0 Å². The summed E-state index contributed by atoms with van der Waals surface area (Å²) < 4.78 is 0. The van der Waals surface area contributed by atoms with Crippen LogP contribution >= 0.6 is 0 Å². The fourth-order valence-electron chi connectivity index (χ4n) is 3.33. The Hall–Kier alpha value is -3.07. The lowest BCUT2D eigenvalue weighted by Crippen LogP contribution is -2.00. The normalized spacial score (nSPS) is 12.8. The van der Waals surface area contributed by atoms with Crippen LogP contribution in [0.2, 0.25) is 0 Å². The zero-order chi connectivity index (χ0) is 19.8. The van der Waals surface area contributed by atoms with Gasteiger partial charge in [-0.05, 0) is 79.5 Å². The molecule has 0 amide bonds. The van der Waals surface area contributed by atoms with E-state index < -0.39 is 0 Å². The molecule has 1 aliphatic carbocycles. The molecule has 2 aromatic rings. The van der Waals surface area contributed by atoms with E-state index in [-0.39, 0.29) is 0 Å². The lowest BCUT2D eigenvalue weighted by molar-refractivity contribution is 1.13. The summed E-state index contributed by atoms with van der Waals surface area (Å²) >= 11 is 0. The van der Waals surface area contributed by atoms with Crippen LogP contribution in [0.4, 0.5) is 11.4 Å². The number of hydrogen-bond acceptors (Lipinski definition) is 3. The predicted molar refractivity (Wildman–Crippen MR) is 123 cm³/mol. The van der Waals surface area contributed by atoms with Crippen molar-refractivity contribution in [2.24, 2.45) is 4.99 Å². The van der Waals surface area contributed by atoms with Crippen LogP contribution in [0, 0.1) is 0 Å². The summed E-state index contributed by atoms with van der Waals surface area (Å²) in [5, 5.41) is 6.73. The molecule has 0 saturated heterocycles. The average molecular weight is 372 g/mol. The monoisotopic (exact) mass is 371 g/mol. The first-order valence-electron chi connectivity index (χ1n) is 10.1. The summed E-state index contributed by atoms with van der Waals surface area (Å²) in [6, 6.07) is 17.3. The van der Waals surface area contributed by atoms with Crippen molar-refractivity contribution >= 4 is 22.7 Å². The van der Waals surface area contributed by atoms with Crippen molar-refractivity contribution in [3.05, 3.63) is 89.5 Å². The van der Waals surface area contributed by atoms with Crippen LogP contribution in [0.1, 0.15) is 31.9 Å². The number of nitrogens with one attached hydrogen (secondary N) is 2. The second-order valence-electron chi connectivity index (χ2n) is 6.61. The first kappa shape index (κ1) is 19.7. The first-order valence-corrected chi connectivity index (χ1v) is 10.1. The second kappa shape index (κ2) is 9.75. The quantitative estimate of drug-likeness (QED) is 0.632. The Morgan fingerprint density at radius 3 is 1.54 bits per heavy atom. The Labute approximate surface area is 168 Å². The van der Waals surface area contributed by atoms with Gasteiger partial charge in [0.2, 0.25) is 0 Å². The number of benzene rings is 2. The summed E-state index contributed by atoms with van der Waals surface area (Å²) in [4.78, 5) is 4.49. The Morgan fingerprint density at radius 2 is 1.14 bits per heavy atom. The van der Waals surface area contributed by atoms with Crippen molar-refractivity contribution in [3.63, 3.8) is 0 Å². The van der Waals surface area contributed by atoms with E-state index in [1.807, 2.05) is 0 Å². The van der Waals surface area contributed by atoms with Gasteiger partial charge in [-0.3, -0.25) is 4.99 Å². The minimum atomic E-state index is 0.799. The number of aliphatic imine (C=N–C) groups is 1. The van der Waals surface area contributed by atoms with Gasteiger partial charge in [-0.1, -0.05) is 36.4 Å². The van der Waals surface area contributed by atoms with E-state index in [0.29, 0.717) is 0 Å². The standard InChI is InChI=1S/C25H29N3/c1-4-26-22-13-7-19(8-14-22)25(20-9-15-23(16-10-20)27-5-2)21-11-17-24(18-12-21)28-6-3/h7-18,26-27H,4-6H2,1-3H3. The Kier molecular flexibility index (Phi) is 6.85. The highest BCUT2D eigenvalue weighted by Crippen LogP contribution is 2.31. The molecule has 144 valence electrons. The van der Waals surface area contributed by atoms with Gasteiger partial charge in [-0.15, -0.1) is 0 Å². The maximum Gasteiger partial charge on any atom is 0.0574 e. The van der Waals surface area contributed by atoms with Crippen LogP contribution in [0.5, 0.6) is 0 Å². The van der Waals surface area contributed by atoms with Crippen LogP contribution in [0.3, 0.4) is 0 Å². The number of nitrogens with zero attached hydrogens (tertiary/aromatic N) is 1. The summed E-state index contributed by atoms with van der Waals surface area (Å²) in [5.74, 6) is 0. The van der Waals surface area contributed by atoms with Crippen molar-refractivity contribution in [2.45, 2.75) is 20.8 Å². The van der Waals surface area contributed by atoms with Gasteiger partial charge in [0.05, 0.1) is 5.71 Å². The van der Waals surface area contributed by atoms with Crippen molar-refractivity contribution in [3.8, 4) is 0 Å². The fraction of sp³-hybridized carbons (Fsp3) is 0.240. The third kappa shape index (κ3) is 4.80. The van der Waals surface area contributed by atoms with Gasteiger partial charge in [0.25, 0.3) is 0 Å². The number of hydrogen-bond donors (Lipinski definition) is 2. The van der Waals surface area contributed by atoms with Gasteiger partial charge >= 0.3 is 0 Å². The Balaban J connectivity index is 2.04. The van der Waals surface area contributed by atoms with E-state index in [0.717, 1.165) is 36.7 Å². The maximum absolute atomic E-state index is 4.49. The molecule has 2 aromatic carbocycles. The van der Waals surface area contributed by atoms with Crippen molar-refractivity contribution in [2.75, 3.05) is 30.3 Å². The summed E-state index contributed by atoms with van der Waals surface area (Å²) in [7, 11) is 0.